The van der Waals surface area contributed by atoms with Gasteiger partial charge in [-0.15, -0.1) is 0 Å². The maximum absolute atomic E-state index is 12.8. The van der Waals surface area contributed by atoms with Gasteiger partial charge in [-0.2, -0.15) is 0 Å². The van der Waals surface area contributed by atoms with Gasteiger partial charge in [0.2, 0.25) is 5.78 Å². The summed E-state index contributed by atoms with van der Waals surface area (Å²) in [7, 11) is 1.61. The summed E-state index contributed by atoms with van der Waals surface area (Å²) in [5.74, 6) is 2.07. The Morgan fingerprint density at radius 2 is 1.83 bits per heavy atom. The van der Waals surface area contributed by atoms with E-state index in [0.29, 0.717) is 34.5 Å². The van der Waals surface area contributed by atoms with Crippen LogP contribution >= 0.6 is 11.6 Å². The molecular weight excluding hydrogens is 388 g/mol. The van der Waals surface area contributed by atoms with Gasteiger partial charge in [-0.05, 0) is 60.0 Å². The van der Waals surface area contributed by atoms with Gasteiger partial charge < -0.3 is 14.2 Å². The Morgan fingerprint density at radius 1 is 1.03 bits per heavy atom. The molecule has 146 valence electrons. The predicted molar refractivity (Wildman–Crippen MR) is 113 cm³/mol. The van der Waals surface area contributed by atoms with Gasteiger partial charge >= 0.3 is 0 Å². The van der Waals surface area contributed by atoms with Gasteiger partial charge in [-0.3, -0.25) is 4.79 Å². The lowest BCUT2D eigenvalue weighted by molar-refractivity contribution is 0.101. The van der Waals surface area contributed by atoms with Crippen molar-refractivity contribution in [2.24, 2.45) is 0 Å². The molecule has 0 saturated carbocycles. The van der Waals surface area contributed by atoms with Crippen molar-refractivity contribution in [2.45, 2.75) is 13.5 Å². The standard InChI is InChI=1S/C24H19ClO4/c1-15-10-20(28-14-17-4-3-5-18(25)11-17)13-21-23(15)24(26)22(29-21)12-16-6-8-19(27-2)9-7-16/h3-13H,14H2,1-2H3/b22-12-. The summed E-state index contributed by atoms with van der Waals surface area (Å²) in [6.45, 7) is 2.25. The number of ether oxygens (including phenoxy) is 3. The van der Waals surface area contributed by atoms with Crippen LogP contribution in [0.25, 0.3) is 6.08 Å². The Kier molecular flexibility index (Phi) is 5.28. The number of halogens is 1. The number of ketones is 1. The van der Waals surface area contributed by atoms with Crippen LogP contribution in [-0.2, 0) is 6.61 Å². The van der Waals surface area contributed by atoms with Gasteiger partial charge in [-0.1, -0.05) is 35.9 Å². The first-order valence-corrected chi connectivity index (χ1v) is 9.51. The summed E-state index contributed by atoms with van der Waals surface area (Å²) in [4.78, 5) is 12.8. The second-order valence-corrected chi connectivity index (χ2v) is 7.18. The largest absolute Gasteiger partial charge is 0.497 e. The first kappa shape index (κ1) is 19.1. The van der Waals surface area contributed by atoms with Gasteiger partial charge in [0.15, 0.2) is 5.76 Å². The predicted octanol–water partition coefficient (Wildman–Crippen LogP) is 5.85. The molecule has 0 aliphatic carbocycles. The van der Waals surface area contributed by atoms with Crippen molar-refractivity contribution < 1.29 is 19.0 Å². The van der Waals surface area contributed by atoms with Crippen LogP contribution in [0, 0.1) is 6.92 Å². The molecule has 3 aromatic carbocycles. The van der Waals surface area contributed by atoms with Crippen LogP contribution in [-0.4, -0.2) is 12.9 Å². The van der Waals surface area contributed by atoms with Gasteiger partial charge in [0, 0.05) is 11.1 Å². The van der Waals surface area contributed by atoms with Crippen molar-refractivity contribution in [3.05, 3.63) is 93.7 Å². The van der Waals surface area contributed by atoms with E-state index in [1.807, 2.05) is 61.5 Å². The lowest BCUT2D eigenvalue weighted by Gasteiger charge is -2.09. The third-order valence-corrected chi connectivity index (χ3v) is 4.89. The number of carbonyl (C=O) groups is 1. The Bertz CT molecular complexity index is 1100. The summed E-state index contributed by atoms with van der Waals surface area (Å²) in [6.07, 6.45) is 1.73. The van der Waals surface area contributed by atoms with E-state index in [9.17, 15) is 4.79 Å². The number of aryl methyl sites for hydroxylation is 1. The quantitative estimate of drug-likeness (QED) is 0.498. The van der Waals surface area contributed by atoms with E-state index in [1.54, 1.807) is 19.3 Å². The molecule has 1 aliphatic heterocycles. The van der Waals surface area contributed by atoms with Crippen molar-refractivity contribution in [1.82, 2.24) is 0 Å². The van der Waals surface area contributed by atoms with E-state index >= 15 is 0 Å². The Labute approximate surface area is 174 Å². The summed E-state index contributed by atoms with van der Waals surface area (Å²) >= 11 is 6.02. The molecule has 29 heavy (non-hydrogen) atoms. The number of hydrogen-bond donors (Lipinski definition) is 0. The number of hydrogen-bond acceptors (Lipinski definition) is 4. The zero-order valence-electron chi connectivity index (χ0n) is 16.1. The SMILES string of the molecule is COc1ccc(/C=C2\Oc3cc(OCc4cccc(Cl)c4)cc(C)c3C2=O)cc1. The fraction of sp³-hybridized carbons (Fsp3) is 0.125. The van der Waals surface area contributed by atoms with Crippen LogP contribution < -0.4 is 14.2 Å². The third-order valence-electron chi connectivity index (χ3n) is 4.65. The van der Waals surface area contributed by atoms with Crippen LogP contribution in [0.4, 0.5) is 0 Å². The van der Waals surface area contributed by atoms with Crippen molar-refractivity contribution in [3.8, 4) is 17.2 Å². The fourth-order valence-electron chi connectivity index (χ4n) is 3.21. The Balaban J connectivity index is 1.55. The topological polar surface area (TPSA) is 44.8 Å². The van der Waals surface area contributed by atoms with Gasteiger partial charge in [-0.25, -0.2) is 0 Å². The van der Waals surface area contributed by atoms with Crippen molar-refractivity contribution in [3.63, 3.8) is 0 Å². The molecule has 4 rings (SSSR count). The summed E-state index contributed by atoms with van der Waals surface area (Å²) in [6, 6.07) is 18.5. The first-order chi connectivity index (χ1) is 14.0. The third kappa shape index (κ3) is 4.13. The summed E-state index contributed by atoms with van der Waals surface area (Å²) < 4.78 is 16.9. The summed E-state index contributed by atoms with van der Waals surface area (Å²) in [5, 5.41) is 0.665. The van der Waals surface area contributed by atoms with Crippen molar-refractivity contribution >= 4 is 23.5 Å². The number of allylic oxidation sites excluding steroid dienone is 1. The maximum Gasteiger partial charge on any atom is 0.232 e. The van der Waals surface area contributed by atoms with E-state index in [-0.39, 0.29) is 5.78 Å². The maximum atomic E-state index is 12.8. The molecule has 0 aromatic heterocycles. The van der Waals surface area contributed by atoms with Gasteiger partial charge in [0.05, 0.1) is 12.7 Å². The highest BCUT2D eigenvalue weighted by Gasteiger charge is 2.30. The monoisotopic (exact) mass is 406 g/mol. The van der Waals surface area contributed by atoms with E-state index in [4.69, 9.17) is 25.8 Å². The molecule has 0 bridgehead atoms. The van der Waals surface area contributed by atoms with E-state index in [1.165, 1.54) is 0 Å². The minimum atomic E-state index is -0.130. The number of Topliss-reactive ketones (excluding diaryl/α,β-unsaturated/α-hetero) is 1. The zero-order chi connectivity index (χ0) is 20.4. The normalized spacial score (nSPS) is 13.9. The van der Waals surface area contributed by atoms with Crippen LogP contribution in [0.15, 0.2) is 66.4 Å². The highest BCUT2D eigenvalue weighted by Crippen LogP contribution is 2.37. The summed E-state index contributed by atoms with van der Waals surface area (Å²) in [5.41, 5.74) is 3.20. The lowest BCUT2D eigenvalue weighted by Crippen LogP contribution is -2.00. The van der Waals surface area contributed by atoms with Crippen LogP contribution in [0.1, 0.15) is 27.0 Å². The second kappa shape index (κ2) is 8.02. The van der Waals surface area contributed by atoms with Gasteiger partial charge in [0.1, 0.15) is 23.9 Å². The molecule has 0 unspecified atom stereocenters. The first-order valence-electron chi connectivity index (χ1n) is 9.13. The van der Waals surface area contributed by atoms with E-state index < -0.39 is 0 Å². The number of rotatable bonds is 5. The van der Waals surface area contributed by atoms with Gasteiger partial charge in [0.25, 0.3) is 0 Å². The molecule has 3 aromatic rings. The number of fused-ring (bicyclic) bond motifs is 1. The second-order valence-electron chi connectivity index (χ2n) is 6.74. The Hall–Kier alpha value is -3.24. The fourth-order valence-corrected chi connectivity index (χ4v) is 3.42. The highest BCUT2D eigenvalue weighted by molar-refractivity contribution is 6.30. The highest BCUT2D eigenvalue weighted by atomic mass is 35.5. The average molecular weight is 407 g/mol. The number of methoxy groups -OCH3 is 1. The molecule has 5 heteroatoms. The molecule has 0 saturated heterocycles. The molecule has 0 fully saturated rings. The van der Waals surface area contributed by atoms with E-state index in [0.717, 1.165) is 22.4 Å². The molecular formula is C24H19ClO4. The molecule has 0 radical (unpaired) electrons. The molecule has 1 heterocycles. The van der Waals surface area contributed by atoms with Crippen LogP contribution in [0.2, 0.25) is 5.02 Å². The van der Waals surface area contributed by atoms with Crippen LogP contribution in [0.5, 0.6) is 17.2 Å². The molecule has 0 N–H and O–H groups in total. The lowest BCUT2D eigenvalue weighted by atomic mass is 10.0. The molecule has 4 nitrogen and oxygen atoms in total. The minimum absolute atomic E-state index is 0.130. The Morgan fingerprint density at radius 3 is 2.55 bits per heavy atom. The molecule has 0 atom stereocenters. The molecule has 0 amide bonds. The van der Waals surface area contributed by atoms with Crippen LogP contribution in [0.3, 0.4) is 0 Å². The smallest absolute Gasteiger partial charge is 0.232 e. The van der Waals surface area contributed by atoms with E-state index in [2.05, 4.69) is 0 Å². The zero-order valence-corrected chi connectivity index (χ0v) is 16.8. The number of benzene rings is 3. The van der Waals surface area contributed by atoms with Crippen molar-refractivity contribution in [2.75, 3.05) is 7.11 Å². The number of carbonyl (C=O) groups excluding carboxylic acids is 1. The minimum Gasteiger partial charge on any atom is -0.497 e. The molecule has 0 spiro atoms. The molecule has 1 aliphatic rings. The van der Waals surface area contributed by atoms with Crippen molar-refractivity contribution in [1.29, 1.82) is 0 Å². The average Bonchev–Trinajstić information content (AvgIpc) is 3.03.